The van der Waals surface area contributed by atoms with Gasteiger partial charge in [-0.05, 0) is 30.5 Å². The molecule has 2 rings (SSSR count). The molecule has 0 radical (unpaired) electrons. The average Bonchev–Trinajstić information content (AvgIpc) is 3.03. The molecule has 0 aliphatic rings. The number of carbonyl (C=O) groups excluding carboxylic acids is 2. The molecule has 8 nitrogen and oxygen atoms in total. The fourth-order valence-corrected chi connectivity index (χ4v) is 2.25. The van der Waals surface area contributed by atoms with Crippen molar-refractivity contribution in [3.8, 4) is 11.4 Å². The van der Waals surface area contributed by atoms with Crippen LogP contribution in [0, 0.1) is 0 Å². The van der Waals surface area contributed by atoms with Crippen LogP contribution in [0.15, 0.2) is 24.3 Å². The Hall–Kier alpha value is -2.77. The summed E-state index contributed by atoms with van der Waals surface area (Å²) in [4.78, 5) is 24.8. The summed E-state index contributed by atoms with van der Waals surface area (Å²) >= 11 is 0. The van der Waals surface area contributed by atoms with Crippen molar-refractivity contribution in [2.45, 2.75) is 46.2 Å². The molecule has 0 aliphatic carbocycles. The van der Waals surface area contributed by atoms with E-state index in [4.69, 9.17) is 0 Å². The normalized spacial score (nSPS) is 12.0. The number of benzene rings is 1. The number of hydrogen-bond acceptors (Lipinski definition) is 5. The van der Waals surface area contributed by atoms with E-state index in [1.165, 1.54) is 10.4 Å². The summed E-state index contributed by atoms with van der Waals surface area (Å²) < 4.78 is 0. The molecule has 0 fully saturated rings. The van der Waals surface area contributed by atoms with E-state index in [9.17, 15) is 9.59 Å². The van der Waals surface area contributed by atoms with Crippen molar-refractivity contribution >= 4 is 11.8 Å². The molecule has 0 bridgehead atoms. The highest BCUT2D eigenvalue weighted by Gasteiger charge is 2.16. The van der Waals surface area contributed by atoms with Gasteiger partial charge in [0.2, 0.25) is 17.6 Å². The number of nitrogens with one attached hydrogen (secondary N) is 2. The Kier molecular flexibility index (Phi) is 6.21. The van der Waals surface area contributed by atoms with Gasteiger partial charge in [0.25, 0.3) is 0 Å². The van der Waals surface area contributed by atoms with Gasteiger partial charge in [-0.25, -0.2) is 0 Å². The third-order valence-corrected chi connectivity index (χ3v) is 3.70. The maximum Gasteiger partial charge on any atom is 0.244 e. The highest BCUT2D eigenvalue weighted by atomic mass is 16.2. The molecule has 1 heterocycles. The standard InChI is InChI=1S/C17H24N6O2/c1-5-18-17(25)12(4)19-15(24)10-23-21-16(20-22-23)14-8-6-13(7-9-14)11(2)3/h6-9,11-12H,5,10H2,1-4H3,(H,18,25)(H,19,24)/t12-/m1/s1. The number of carbonyl (C=O) groups is 2. The van der Waals surface area contributed by atoms with Crippen molar-refractivity contribution in [2.75, 3.05) is 6.54 Å². The van der Waals surface area contributed by atoms with E-state index in [1.54, 1.807) is 6.92 Å². The van der Waals surface area contributed by atoms with Crippen molar-refractivity contribution in [3.63, 3.8) is 0 Å². The van der Waals surface area contributed by atoms with E-state index in [1.807, 2.05) is 31.2 Å². The van der Waals surface area contributed by atoms with E-state index < -0.39 is 6.04 Å². The summed E-state index contributed by atoms with van der Waals surface area (Å²) in [5, 5.41) is 17.3. The summed E-state index contributed by atoms with van der Waals surface area (Å²) in [6.07, 6.45) is 0. The van der Waals surface area contributed by atoms with E-state index in [0.29, 0.717) is 18.3 Å². The molecule has 0 saturated carbocycles. The van der Waals surface area contributed by atoms with Crippen LogP contribution in [0.4, 0.5) is 0 Å². The van der Waals surface area contributed by atoms with Crippen molar-refractivity contribution in [1.82, 2.24) is 30.8 Å². The van der Waals surface area contributed by atoms with E-state index in [-0.39, 0.29) is 18.4 Å². The van der Waals surface area contributed by atoms with Crippen LogP contribution in [-0.4, -0.2) is 44.6 Å². The van der Waals surface area contributed by atoms with Crippen LogP contribution in [0.25, 0.3) is 11.4 Å². The fraction of sp³-hybridized carbons (Fsp3) is 0.471. The number of likely N-dealkylation sites (N-methyl/N-ethyl adjacent to an activating group) is 1. The topological polar surface area (TPSA) is 102 Å². The van der Waals surface area contributed by atoms with Gasteiger partial charge in [-0.15, -0.1) is 10.2 Å². The van der Waals surface area contributed by atoms with Crippen molar-refractivity contribution in [2.24, 2.45) is 0 Å². The first-order chi connectivity index (χ1) is 11.9. The molecular weight excluding hydrogens is 320 g/mol. The zero-order chi connectivity index (χ0) is 18.4. The van der Waals surface area contributed by atoms with Gasteiger partial charge >= 0.3 is 0 Å². The van der Waals surface area contributed by atoms with Gasteiger partial charge in [-0.3, -0.25) is 9.59 Å². The lowest BCUT2D eigenvalue weighted by Gasteiger charge is -2.12. The quantitative estimate of drug-likeness (QED) is 0.783. The Balaban J connectivity index is 1.96. The number of hydrogen-bond donors (Lipinski definition) is 2. The van der Waals surface area contributed by atoms with E-state index in [0.717, 1.165) is 5.56 Å². The summed E-state index contributed by atoms with van der Waals surface area (Å²) in [5.41, 5.74) is 2.07. The van der Waals surface area contributed by atoms with Crippen LogP contribution in [0.3, 0.4) is 0 Å². The predicted octanol–water partition coefficient (Wildman–Crippen LogP) is 1.10. The second-order valence-corrected chi connectivity index (χ2v) is 6.10. The van der Waals surface area contributed by atoms with Gasteiger partial charge in [0.15, 0.2) is 0 Å². The first-order valence-corrected chi connectivity index (χ1v) is 8.36. The minimum atomic E-state index is -0.612. The highest BCUT2D eigenvalue weighted by Crippen LogP contribution is 2.19. The Morgan fingerprint density at radius 2 is 1.84 bits per heavy atom. The van der Waals surface area contributed by atoms with E-state index >= 15 is 0 Å². The van der Waals surface area contributed by atoms with Crippen LogP contribution in [0.1, 0.15) is 39.2 Å². The first kappa shape index (κ1) is 18.6. The van der Waals surface area contributed by atoms with Crippen LogP contribution in [0.5, 0.6) is 0 Å². The number of amides is 2. The molecule has 25 heavy (non-hydrogen) atoms. The summed E-state index contributed by atoms with van der Waals surface area (Å²) in [6.45, 7) is 8.12. The molecule has 2 amide bonds. The maximum absolute atomic E-state index is 12.0. The minimum Gasteiger partial charge on any atom is -0.355 e. The zero-order valence-corrected chi connectivity index (χ0v) is 15.0. The van der Waals surface area contributed by atoms with Gasteiger partial charge in [-0.2, -0.15) is 4.80 Å². The van der Waals surface area contributed by atoms with Crippen molar-refractivity contribution in [1.29, 1.82) is 0 Å². The molecule has 1 aromatic carbocycles. The third kappa shape index (κ3) is 5.10. The predicted molar refractivity (Wildman–Crippen MR) is 93.6 cm³/mol. The van der Waals surface area contributed by atoms with Crippen LogP contribution < -0.4 is 10.6 Å². The summed E-state index contributed by atoms with van der Waals surface area (Å²) in [7, 11) is 0. The Morgan fingerprint density at radius 1 is 1.16 bits per heavy atom. The molecule has 134 valence electrons. The highest BCUT2D eigenvalue weighted by molar-refractivity contribution is 5.87. The minimum absolute atomic E-state index is 0.0964. The number of nitrogens with zero attached hydrogens (tertiary/aromatic N) is 4. The summed E-state index contributed by atoms with van der Waals surface area (Å²) in [5.74, 6) is 0.333. The lowest BCUT2D eigenvalue weighted by Crippen LogP contribution is -2.45. The van der Waals surface area contributed by atoms with Gasteiger partial charge in [-0.1, -0.05) is 38.1 Å². The number of rotatable bonds is 7. The Labute approximate surface area is 147 Å². The molecule has 0 aliphatic heterocycles. The Bertz CT molecular complexity index is 723. The van der Waals surface area contributed by atoms with Crippen LogP contribution in [0.2, 0.25) is 0 Å². The maximum atomic E-state index is 12.0. The smallest absolute Gasteiger partial charge is 0.244 e. The van der Waals surface area contributed by atoms with Crippen molar-refractivity contribution in [3.05, 3.63) is 29.8 Å². The average molecular weight is 344 g/mol. The van der Waals surface area contributed by atoms with Gasteiger partial charge in [0.1, 0.15) is 12.6 Å². The fourth-order valence-electron chi connectivity index (χ4n) is 2.25. The molecule has 2 N–H and O–H groups in total. The van der Waals surface area contributed by atoms with Crippen LogP contribution in [-0.2, 0) is 16.1 Å². The lowest BCUT2D eigenvalue weighted by atomic mass is 10.0. The molecule has 1 atom stereocenters. The number of tetrazole rings is 1. The first-order valence-electron chi connectivity index (χ1n) is 8.36. The van der Waals surface area contributed by atoms with Gasteiger partial charge in [0.05, 0.1) is 0 Å². The molecule has 8 heteroatoms. The van der Waals surface area contributed by atoms with Gasteiger partial charge in [0, 0.05) is 12.1 Å². The molecule has 0 spiro atoms. The Morgan fingerprint density at radius 3 is 2.44 bits per heavy atom. The summed E-state index contributed by atoms with van der Waals surface area (Å²) in [6, 6.07) is 7.32. The molecule has 2 aromatic rings. The molecule has 0 unspecified atom stereocenters. The number of aromatic nitrogens is 4. The second-order valence-electron chi connectivity index (χ2n) is 6.10. The molecular formula is C17H24N6O2. The zero-order valence-electron chi connectivity index (χ0n) is 15.0. The van der Waals surface area contributed by atoms with Crippen molar-refractivity contribution < 1.29 is 9.59 Å². The molecule has 0 saturated heterocycles. The SMILES string of the molecule is CCNC(=O)[C@@H](C)NC(=O)Cn1nnc(-c2ccc(C(C)C)cc2)n1. The monoisotopic (exact) mass is 344 g/mol. The second kappa shape index (κ2) is 8.36. The largest absolute Gasteiger partial charge is 0.355 e. The van der Waals surface area contributed by atoms with Crippen LogP contribution >= 0.6 is 0 Å². The van der Waals surface area contributed by atoms with E-state index in [2.05, 4.69) is 39.9 Å². The lowest BCUT2D eigenvalue weighted by molar-refractivity contribution is -0.129. The molecule has 1 aromatic heterocycles. The third-order valence-electron chi connectivity index (χ3n) is 3.70. The van der Waals surface area contributed by atoms with Gasteiger partial charge < -0.3 is 10.6 Å².